The quantitative estimate of drug-likeness (QED) is 0.242. The predicted octanol–water partition coefficient (Wildman–Crippen LogP) is 5.55. The van der Waals surface area contributed by atoms with Gasteiger partial charge < -0.3 is 14.9 Å². The van der Waals surface area contributed by atoms with Gasteiger partial charge in [-0.25, -0.2) is 5.43 Å². The Kier molecular flexibility index (Phi) is 8.03. The van der Waals surface area contributed by atoms with Gasteiger partial charge in [0, 0.05) is 42.5 Å². The number of phenolic OH excluding ortho intramolecular Hbond substituents is 1. The molecule has 0 aromatic heterocycles. The van der Waals surface area contributed by atoms with Crippen molar-refractivity contribution in [2.45, 2.75) is 26.3 Å². The van der Waals surface area contributed by atoms with E-state index in [0.29, 0.717) is 19.5 Å². The minimum absolute atomic E-state index is 0.0919. The SMILES string of the molecule is Cc1cccc(N2CCN(C(=O)Cc3ccc(C=NNC(=O)c4ccc(O)c(Cl)c4)c4ccccc34)CC2C)c1. The molecule has 8 heteroatoms. The first-order valence-electron chi connectivity index (χ1n) is 13.2. The van der Waals surface area contributed by atoms with Crippen LogP contribution in [0.2, 0.25) is 5.02 Å². The van der Waals surface area contributed by atoms with Crippen LogP contribution in [0.1, 0.15) is 34.0 Å². The maximum absolute atomic E-state index is 13.4. The summed E-state index contributed by atoms with van der Waals surface area (Å²) in [4.78, 5) is 30.1. The Labute approximate surface area is 238 Å². The predicted molar refractivity (Wildman–Crippen MR) is 160 cm³/mol. The molecule has 1 heterocycles. The van der Waals surface area contributed by atoms with Crippen molar-refractivity contribution in [3.63, 3.8) is 0 Å². The van der Waals surface area contributed by atoms with Crippen molar-refractivity contribution in [3.05, 3.63) is 106 Å². The van der Waals surface area contributed by atoms with E-state index in [-0.39, 0.29) is 28.3 Å². The fourth-order valence-corrected chi connectivity index (χ4v) is 5.35. The molecule has 1 atom stereocenters. The van der Waals surface area contributed by atoms with Gasteiger partial charge in [0.2, 0.25) is 5.91 Å². The molecule has 0 saturated carbocycles. The van der Waals surface area contributed by atoms with Gasteiger partial charge in [-0.05, 0) is 66.1 Å². The second kappa shape index (κ2) is 11.8. The van der Waals surface area contributed by atoms with Crippen molar-refractivity contribution in [1.29, 1.82) is 0 Å². The number of halogens is 1. The molecule has 1 fully saturated rings. The van der Waals surface area contributed by atoms with Gasteiger partial charge >= 0.3 is 0 Å². The average Bonchev–Trinajstić information content (AvgIpc) is 2.95. The summed E-state index contributed by atoms with van der Waals surface area (Å²) in [5.74, 6) is -0.422. The van der Waals surface area contributed by atoms with Crippen LogP contribution < -0.4 is 10.3 Å². The number of carbonyl (C=O) groups excluding carboxylic acids is 2. The topological polar surface area (TPSA) is 85.2 Å². The number of hydrogen-bond acceptors (Lipinski definition) is 5. The van der Waals surface area contributed by atoms with Gasteiger partial charge in [0.1, 0.15) is 5.75 Å². The van der Waals surface area contributed by atoms with Gasteiger partial charge in [0.25, 0.3) is 5.91 Å². The minimum atomic E-state index is -0.443. The van der Waals surface area contributed by atoms with Gasteiger partial charge in [-0.2, -0.15) is 5.10 Å². The molecule has 1 unspecified atom stereocenters. The van der Waals surface area contributed by atoms with Crippen LogP contribution in [0.3, 0.4) is 0 Å². The molecule has 2 amide bonds. The monoisotopic (exact) mass is 554 g/mol. The van der Waals surface area contributed by atoms with Crippen molar-refractivity contribution in [3.8, 4) is 5.75 Å². The minimum Gasteiger partial charge on any atom is -0.506 e. The summed E-state index contributed by atoms with van der Waals surface area (Å²) in [7, 11) is 0. The highest BCUT2D eigenvalue weighted by molar-refractivity contribution is 6.32. The number of piperazine rings is 1. The maximum Gasteiger partial charge on any atom is 0.271 e. The number of benzene rings is 4. The first-order valence-corrected chi connectivity index (χ1v) is 13.6. The maximum atomic E-state index is 13.4. The Bertz CT molecular complexity index is 1600. The molecule has 4 aromatic rings. The molecule has 1 aliphatic rings. The zero-order valence-corrected chi connectivity index (χ0v) is 23.2. The summed E-state index contributed by atoms with van der Waals surface area (Å²) in [5, 5.41) is 15.7. The number of carbonyl (C=O) groups is 2. The number of phenols is 1. The molecule has 0 bridgehead atoms. The van der Waals surface area contributed by atoms with E-state index in [9.17, 15) is 14.7 Å². The van der Waals surface area contributed by atoms with Crippen LogP contribution in [0.4, 0.5) is 5.69 Å². The molecule has 7 nitrogen and oxygen atoms in total. The van der Waals surface area contributed by atoms with Crippen molar-refractivity contribution in [2.24, 2.45) is 5.10 Å². The normalized spacial score (nSPS) is 15.5. The Hall–Kier alpha value is -4.36. The second-order valence-corrected chi connectivity index (χ2v) is 10.5. The summed E-state index contributed by atoms with van der Waals surface area (Å²) < 4.78 is 0. The summed E-state index contributed by atoms with van der Waals surface area (Å²) in [6, 6.07) is 24.7. The van der Waals surface area contributed by atoms with Crippen LogP contribution in [0.25, 0.3) is 10.8 Å². The van der Waals surface area contributed by atoms with E-state index in [2.05, 4.69) is 53.5 Å². The number of amides is 2. The van der Waals surface area contributed by atoms with E-state index in [1.54, 1.807) is 6.21 Å². The molecule has 1 aliphatic heterocycles. The third-order valence-corrected chi connectivity index (χ3v) is 7.59. The largest absolute Gasteiger partial charge is 0.506 e. The van der Waals surface area contributed by atoms with E-state index in [4.69, 9.17) is 11.6 Å². The van der Waals surface area contributed by atoms with E-state index >= 15 is 0 Å². The summed E-state index contributed by atoms with van der Waals surface area (Å²) in [6.45, 7) is 6.43. The standard InChI is InChI=1S/C32H31ClN4O3/c1-21-6-5-7-26(16-21)37-15-14-36(20-22(37)2)31(39)18-23-10-11-25(28-9-4-3-8-27(23)28)19-34-35-32(40)24-12-13-30(38)29(33)17-24/h3-13,16-17,19,22,38H,14-15,18,20H2,1-2H3,(H,35,40). The van der Waals surface area contributed by atoms with Gasteiger partial charge in [0.15, 0.2) is 0 Å². The lowest BCUT2D eigenvalue weighted by Crippen LogP contribution is -2.54. The molecular formula is C32H31ClN4O3. The molecule has 1 saturated heterocycles. The highest BCUT2D eigenvalue weighted by Gasteiger charge is 2.27. The zero-order valence-electron chi connectivity index (χ0n) is 22.5. The summed E-state index contributed by atoms with van der Waals surface area (Å²) in [5.41, 5.74) is 6.98. The molecule has 2 N–H and O–H groups in total. The third kappa shape index (κ3) is 5.95. The molecule has 0 radical (unpaired) electrons. The molecule has 0 spiro atoms. The first-order chi connectivity index (χ1) is 19.3. The number of anilines is 1. The lowest BCUT2D eigenvalue weighted by molar-refractivity contribution is -0.131. The van der Waals surface area contributed by atoms with Gasteiger partial charge in [-0.1, -0.05) is 60.1 Å². The van der Waals surface area contributed by atoms with Gasteiger partial charge in [-0.3, -0.25) is 9.59 Å². The number of aryl methyl sites for hydroxylation is 1. The first kappa shape index (κ1) is 27.2. The highest BCUT2D eigenvalue weighted by Crippen LogP contribution is 2.26. The van der Waals surface area contributed by atoms with Crippen LogP contribution in [-0.2, 0) is 11.2 Å². The fraction of sp³-hybridized carbons (Fsp3) is 0.219. The van der Waals surface area contributed by atoms with E-state index < -0.39 is 5.91 Å². The number of fused-ring (bicyclic) bond motifs is 1. The van der Waals surface area contributed by atoms with Crippen molar-refractivity contribution < 1.29 is 14.7 Å². The van der Waals surface area contributed by atoms with Crippen molar-refractivity contribution >= 4 is 46.1 Å². The Balaban J connectivity index is 1.27. The molecule has 4 aromatic carbocycles. The van der Waals surface area contributed by atoms with Crippen LogP contribution in [0.15, 0.2) is 84.0 Å². The van der Waals surface area contributed by atoms with Crippen molar-refractivity contribution in [2.75, 3.05) is 24.5 Å². The van der Waals surface area contributed by atoms with Crippen LogP contribution in [0, 0.1) is 6.92 Å². The Morgan fingerprint density at radius 3 is 2.58 bits per heavy atom. The van der Waals surface area contributed by atoms with E-state index in [0.717, 1.165) is 28.4 Å². The third-order valence-electron chi connectivity index (χ3n) is 7.28. The number of hydrogen-bond donors (Lipinski definition) is 2. The van der Waals surface area contributed by atoms with Crippen LogP contribution in [-0.4, -0.2) is 53.7 Å². The van der Waals surface area contributed by atoms with E-state index in [1.807, 2.05) is 41.3 Å². The second-order valence-electron chi connectivity index (χ2n) is 10.1. The molecule has 204 valence electrons. The molecule has 5 rings (SSSR count). The number of rotatable bonds is 6. The van der Waals surface area contributed by atoms with E-state index in [1.165, 1.54) is 29.4 Å². The molecular weight excluding hydrogens is 524 g/mol. The number of aromatic hydroxyl groups is 1. The Morgan fingerprint density at radius 2 is 1.82 bits per heavy atom. The van der Waals surface area contributed by atoms with Crippen LogP contribution in [0.5, 0.6) is 5.75 Å². The highest BCUT2D eigenvalue weighted by atomic mass is 35.5. The van der Waals surface area contributed by atoms with Gasteiger partial charge in [-0.15, -0.1) is 0 Å². The smallest absolute Gasteiger partial charge is 0.271 e. The lowest BCUT2D eigenvalue weighted by Gasteiger charge is -2.41. The average molecular weight is 555 g/mol. The number of hydrazone groups is 1. The molecule has 40 heavy (non-hydrogen) atoms. The van der Waals surface area contributed by atoms with Crippen molar-refractivity contribution in [1.82, 2.24) is 10.3 Å². The molecule has 0 aliphatic carbocycles. The summed E-state index contributed by atoms with van der Waals surface area (Å²) >= 11 is 5.90. The lowest BCUT2D eigenvalue weighted by atomic mass is 9.97. The fourth-order valence-electron chi connectivity index (χ4n) is 5.17. The number of nitrogens with zero attached hydrogens (tertiary/aromatic N) is 3. The summed E-state index contributed by atoms with van der Waals surface area (Å²) in [6.07, 6.45) is 1.90. The van der Waals surface area contributed by atoms with Crippen LogP contribution >= 0.6 is 11.6 Å². The zero-order chi connectivity index (χ0) is 28.2. The Morgan fingerprint density at radius 1 is 1.02 bits per heavy atom. The number of nitrogens with one attached hydrogen (secondary N) is 1. The van der Waals surface area contributed by atoms with Gasteiger partial charge in [0.05, 0.1) is 17.7 Å².